The Morgan fingerprint density at radius 3 is 2.69 bits per heavy atom. The maximum absolute atomic E-state index is 12.5. The Balaban J connectivity index is 1.88. The van der Waals surface area contributed by atoms with Gasteiger partial charge in [-0.3, -0.25) is 9.59 Å². The van der Waals surface area contributed by atoms with Gasteiger partial charge in [0, 0.05) is 17.8 Å². The zero-order valence-corrected chi connectivity index (χ0v) is 15.2. The lowest BCUT2D eigenvalue weighted by Gasteiger charge is -2.32. The van der Waals surface area contributed by atoms with Crippen molar-refractivity contribution in [3.05, 3.63) is 65.7 Å². The molecule has 1 aliphatic heterocycles. The molecular formula is C21H22N2O3. The van der Waals surface area contributed by atoms with E-state index in [0.717, 1.165) is 11.1 Å². The minimum atomic E-state index is -0.543. The SMILES string of the molecule is C=CCN1C(=O)C(C)Oc2ccc(NC(=O)c3ccc(C)c(C)c3)cc21. The molecule has 1 aliphatic rings. The van der Waals surface area contributed by atoms with E-state index in [4.69, 9.17) is 4.74 Å². The van der Waals surface area contributed by atoms with E-state index in [1.165, 1.54) is 0 Å². The number of anilines is 2. The van der Waals surface area contributed by atoms with Gasteiger partial charge in [0.25, 0.3) is 11.8 Å². The van der Waals surface area contributed by atoms with E-state index in [9.17, 15) is 9.59 Å². The normalized spacial score (nSPS) is 15.9. The highest BCUT2D eigenvalue weighted by molar-refractivity contribution is 6.06. The quantitative estimate of drug-likeness (QED) is 0.852. The number of carbonyl (C=O) groups is 2. The van der Waals surface area contributed by atoms with Gasteiger partial charge in [-0.05, 0) is 62.2 Å². The molecule has 2 aromatic carbocycles. The van der Waals surface area contributed by atoms with Crippen molar-refractivity contribution < 1.29 is 14.3 Å². The first-order valence-corrected chi connectivity index (χ1v) is 8.52. The van der Waals surface area contributed by atoms with Crippen LogP contribution in [0.25, 0.3) is 0 Å². The number of hydrogen-bond acceptors (Lipinski definition) is 3. The molecule has 0 radical (unpaired) electrons. The van der Waals surface area contributed by atoms with Crippen molar-refractivity contribution >= 4 is 23.2 Å². The van der Waals surface area contributed by atoms with Crippen LogP contribution in [0, 0.1) is 13.8 Å². The number of nitrogens with zero attached hydrogens (tertiary/aromatic N) is 1. The van der Waals surface area contributed by atoms with Crippen molar-refractivity contribution in [2.75, 3.05) is 16.8 Å². The van der Waals surface area contributed by atoms with Crippen molar-refractivity contribution in [2.24, 2.45) is 0 Å². The minimum Gasteiger partial charge on any atom is -0.479 e. The first kappa shape index (κ1) is 17.7. The van der Waals surface area contributed by atoms with E-state index in [1.807, 2.05) is 26.0 Å². The van der Waals surface area contributed by atoms with E-state index in [-0.39, 0.29) is 11.8 Å². The Bertz CT molecular complexity index is 889. The summed E-state index contributed by atoms with van der Waals surface area (Å²) in [5, 5.41) is 2.89. The third-order valence-electron chi connectivity index (χ3n) is 4.51. The van der Waals surface area contributed by atoms with Gasteiger partial charge in [-0.25, -0.2) is 0 Å². The highest BCUT2D eigenvalue weighted by Gasteiger charge is 2.31. The molecule has 0 fully saturated rings. The lowest BCUT2D eigenvalue weighted by atomic mass is 10.1. The van der Waals surface area contributed by atoms with E-state index in [1.54, 1.807) is 42.2 Å². The summed E-state index contributed by atoms with van der Waals surface area (Å²) in [5.41, 5.74) is 4.03. The molecule has 0 aliphatic carbocycles. The molecule has 1 atom stereocenters. The minimum absolute atomic E-state index is 0.130. The van der Waals surface area contributed by atoms with Crippen molar-refractivity contribution in [2.45, 2.75) is 26.9 Å². The molecule has 0 aromatic heterocycles. The van der Waals surface area contributed by atoms with E-state index >= 15 is 0 Å². The molecule has 0 saturated carbocycles. The molecule has 0 saturated heterocycles. The fraction of sp³-hybridized carbons (Fsp3) is 0.238. The van der Waals surface area contributed by atoms with Gasteiger partial charge in [0.2, 0.25) is 0 Å². The lowest BCUT2D eigenvalue weighted by molar-refractivity contribution is -0.125. The molecule has 1 heterocycles. The summed E-state index contributed by atoms with van der Waals surface area (Å²) < 4.78 is 5.66. The zero-order chi connectivity index (χ0) is 18.8. The molecule has 134 valence electrons. The number of nitrogens with one attached hydrogen (secondary N) is 1. The Hall–Kier alpha value is -3.08. The summed E-state index contributed by atoms with van der Waals surface area (Å²) >= 11 is 0. The molecule has 0 spiro atoms. The summed E-state index contributed by atoms with van der Waals surface area (Å²) in [4.78, 5) is 26.5. The van der Waals surface area contributed by atoms with Crippen LogP contribution in [0.2, 0.25) is 0 Å². The molecule has 5 nitrogen and oxygen atoms in total. The molecule has 5 heteroatoms. The number of fused-ring (bicyclic) bond motifs is 1. The number of carbonyl (C=O) groups excluding carboxylic acids is 2. The summed E-state index contributed by atoms with van der Waals surface area (Å²) in [5.74, 6) is 0.290. The first-order valence-electron chi connectivity index (χ1n) is 8.52. The molecule has 3 rings (SSSR count). The molecule has 2 aromatic rings. The second-order valence-corrected chi connectivity index (χ2v) is 6.43. The van der Waals surface area contributed by atoms with E-state index in [0.29, 0.717) is 29.2 Å². The van der Waals surface area contributed by atoms with Gasteiger partial charge in [0.05, 0.1) is 5.69 Å². The largest absolute Gasteiger partial charge is 0.479 e. The fourth-order valence-electron chi connectivity index (χ4n) is 2.89. The molecule has 26 heavy (non-hydrogen) atoms. The van der Waals surface area contributed by atoms with Gasteiger partial charge in [-0.15, -0.1) is 6.58 Å². The number of ether oxygens (including phenoxy) is 1. The van der Waals surface area contributed by atoms with Crippen molar-refractivity contribution in [3.63, 3.8) is 0 Å². The third kappa shape index (κ3) is 3.33. The van der Waals surface area contributed by atoms with Gasteiger partial charge in [-0.1, -0.05) is 12.1 Å². The van der Waals surface area contributed by atoms with Gasteiger partial charge >= 0.3 is 0 Å². The smallest absolute Gasteiger partial charge is 0.268 e. The maximum atomic E-state index is 12.5. The van der Waals surface area contributed by atoms with Crippen LogP contribution in [0.3, 0.4) is 0 Å². The highest BCUT2D eigenvalue weighted by Crippen LogP contribution is 2.36. The summed E-state index contributed by atoms with van der Waals surface area (Å²) in [6.07, 6.45) is 1.12. The standard InChI is InChI=1S/C21H22N2O3/c1-5-10-23-18-12-17(8-9-19(18)26-15(4)21(23)25)22-20(24)16-7-6-13(2)14(3)11-16/h5-9,11-12,15H,1,10H2,2-4H3,(H,22,24). The summed E-state index contributed by atoms with van der Waals surface area (Å²) in [6.45, 7) is 9.79. The molecule has 2 amide bonds. The van der Waals surface area contributed by atoms with Gasteiger partial charge in [-0.2, -0.15) is 0 Å². The Morgan fingerprint density at radius 2 is 2.00 bits per heavy atom. The second kappa shape index (κ2) is 7.04. The van der Waals surface area contributed by atoms with Gasteiger partial charge < -0.3 is 15.0 Å². The van der Waals surface area contributed by atoms with Crippen LogP contribution in [0.1, 0.15) is 28.4 Å². The number of benzene rings is 2. The van der Waals surface area contributed by atoms with E-state index < -0.39 is 6.10 Å². The van der Waals surface area contributed by atoms with Crippen molar-refractivity contribution in [3.8, 4) is 5.75 Å². The van der Waals surface area contributed by atoms with Gasteiger partial charge in [0.15, 0.2) is 6.10 Å². The molecule has 0 bridgehead atoms. The third-order valence-corrected chi connectivity index (χ3v) is 4.51. The fourth-order valence-corrected chi connectivity index (χ4v) is 2.89. The van der Waals surface area contributed by atoms with Crippen LogP contribution in [0.5, 0.6) is 5.75 Å². The van der Waals surface area contributed by atoms with Crippen LogP contribution >= 0.6 is 0 Å². The zero-order valence-electron chi connectivity index (χ0n) is 15.2. The van der Waals surface area contributed by atoms with Crippen molar-refractivity contribution in [1.29, 1.82) is 0 Å². The summed E-state index contributed by atoms with van der Waals surface area (Å²) in [6, 6.07) is 10.9. The van der Waals surface area contributed by atoms with Crippen LogP contribution in [-0.2, 0) is 4.79 Å². The van der Waals surface area contributed by atoms with Crippen LogP contribution in [0.4, 0.5) is 11.4 Å². The molecule has 1 N–H and O–H groups in total. The summed E-state index contributed by atoms with van der Waals surface area (Å²) in [7, 11) is 0. The number of amides is 2. The molecule has 1 unspecified atom stereocenters. The lowest BCUT2D eigenvalue weighted by Crippen LogP contribution is -2.44. The Morgan fingerprint density at radius 1 is 1.23 bits per heavy atom. The van der Waals surface area contributed by atoms with Gasteiger partial charge in [0.1, 0.15) is 5.75 Å². The predicted molar refractivity (Wildman–Crippen MR) is 103 cm³/mol. The second-order valence-electron chi connectivity index (χ2n) is 6.43. The number of aryl methyl sites for hydroxylation is 2. The maximum Gasteiger partial charge on any atom is 0.268 e. The number of hydrogen-bond donors (Lipinski definition) is 1. The first-order chi connectivity index (χ1) is 12.4. The molecular weight excluding hydrogens is 328 g/mol. The van der Waals surface area contributed by atoms with Crippen LogP contribution in [0.15, 0.2) is 49.1 Å². The van der Waals surface area contributed by atoms with Crippen molar-refractivity contribution in [1.82, 2.24) is 0 Å². The Labute approximate surface area is 153 Å². The van der Waals surface area contributed by atoms with Crippen LogP contribution < -0.4 is 15.0 Å². The predicted octanol–water partition coefficient (Wildman–Crippen LogP) is 3.86. The Kier molecular flexibility index (Phi) is 4.80. The average molecular weight is 350 g/mol. The topological polar surface area (TPSA) is 58.6 Å². The average Bonchev–Trinajstić information content (AvgIpc) is 2.61. The highest BCUT2D eigenvalue weighted by atomic mass is 16.5. The monoisotopic (exact) mass is 350 g/mol. The van der Waals surface area contributed by atoms with E-state index in [2.05, 4.69) is 11.9 Å². The van der Waals surface area contributed by atoms with Crippen LogP contribution in [-0.4, -0.2) is 24.5 Å². The number of rotatable bonds is 4.